The van der Waals surface area contributed by atoms with Gasteiger partial charge < -0.3 is 14.4 Å². The summed E-state index contributed by atoms with van der Waals surface area (Å²) in [6.07, 6.45) is 0.579. The van der Waals surface area contributed by atoms with Crippen molar-refractivity contribution in [2.45, 2.75) is 52.0 Å². The molecule has 1 aliphatic heterocycles. The first-order chi connectivity index (χ1) is 16.4. The van der Waals surface area contributed by atoms with E-state index in [9.17, 15) is 4.79 Å². The summed E-state index contributed by atoms with van der Waals surface area (Å²) in [7, 11) is 0. The molecule has 178 valence electrons. The second kappa shape index (κ2) is 11.0. The molecule has 0 bridgehead atoms. The van der Waals surface area contributed by atoms with Crippen molar-refractivity contribution in [2.75, 3.05) is 13.2 Å². The summed E-state index contributed by atoms with van der Waals surface area (Å²) in [5, 5.41) is 0. The number of hydrogen-bond donors (Lipinski definition) is 0. The molecule has 0 spiro atoms. The summed E-state index contributed by atoms with van der Waals surface area (Å²) >= 11 is 0. The Hall–Kier alpha value is -2.95. The fourth-order valence-electron chi connectivity index (χ4n) is 4.47. The van der Waals surface area contributed by atoms with Gasteiger partial charge in [-0.25, -0.2) is 0 Å². The Kier molecular flexibility index (Phi) is 7.81. The van der Waals surface area contributed by atoms with Crippen LogP contribution in [-0.4, -0.2) is 36.1 Å². The first kappa shape index (κ1) is 24.2. The van der Waals surface area contributed by atoms with Crippen molar-refractivity contribution in [1.82, 2.24) is 4.90 Å². The van der Waals surface area contributed by atoms with Gasteiger partial charge in [0.15, 0.2) is 0 Å². The number of carbonyl (C=O) groups excluding carboxylic acids is 1. The van der Waals surface area contributed by atoms with E-state index in [1.54, 1.807) is 0 Å². The molecule has 4 rings (SSSR count). The monoisotopic (exact) mass is 457 g/mol. The minimum Gasteiger partial charge on any atom is -0.372 e. The lowest BCUT2D eigenvalue weighted by Crippen LogP contribution is -2.44. The highest BCUT2D eigenvalue weighted by atomic mass is 16.5. The van der Waals surface area contributed by atoms with Crippen LogP contribution in [0.25, 0.3) is 0 Å². The highest BCUT2D eigenvalue weighted by Gasteiger charge is 2.40. The Bertz CT molecular complexity index is 991. The summed E-state index contributed by atoms with van der Waals surface area (Å²) in [6.45, 7) is 7.53. The molecule has 0 radical (unpaired) electrons. The molecule has 3 aromatic rings. The zero-order valence-corrected chi connectivity index (χ0v) is 20.4. The van der Waals surface area contributed by atoms with Gasteiger partial charge >= 0.3 is 0 Å². The van der Waals surface area contributed by atoms with Crippen LogP contribution in [0.3, 0.4) is 0 Å². The highest BCUT2D eigenvalue weighted by Crippen LogP contribution is 2.31. The molecule has 0 saturated carbocycles. The van der Waals surface area contributed by atoms with E-state index in [-0.39, 0.29) is 24.2 Å². The Balaban J connectivity index is 1.49. The normalized spacial score (nSPS) is 18.4. The maximum Gasteiger partial charge on any atom is 0.228 e. The molecule has 3 aromatic carbocycles. The summed E-state index contributed by atoms with van der Waals surface area (Å²) in [5.41, 5.74) is 2.91. The number of nitrogens with zero attached hydrogens (tertiary/aromatic N) is 1. The summed E-state index contributed by atoms with van der Waals surface area (Å²) < 4.78 is 12.8. The van der Waals surface area contributed by atoms with E-state index in [0.29, 0.717) is 19.8 Å². The molecule has 1 heterocycles. The van der Waals surface area contributed by atoms with Gasteiger partial charge in [-0.05, 0) is 23.1 Å². The van der Waals surface area contributed by atoms with Gasteiger partial charge in [-0.2, -0.15) is 0 Å². The molecule has 34 heavy (non-hydrogen) atoms. The predicted molar refractivity (Wildman–Crippen MR) is 135 cm³/mol. The third-order valence-electron chi connectivity index (χ3n) is 6.27. The van der Waals surface area contributed by atoms with Crippen molar-refractivity contribution in [2.24, 2.45) is 5.41 Å². The molecule has 4 nitrogen and oxygen atoms in total. The smallest absolute Gasteiger partial charge is 0.228 e. The van der Waals surface area contributed by atoms with Crippen molar-refractivity contribution < 1.29 is 14.3 Å². The molecule has 1 aliphatic rings. The highest BCUT2D eigenvalue weighted by molar-refractivity contribution is 5.82. The number of rotatable bonds is 8. The number of carbonyl (C=O) groups is 1. The van der Waals surface area contributed by atoms with E-state index in [0.717, 1.165) is 23.1 Å². The second-order valence-electron chi connectivity index (χ2n) is 10.1. The largest absolute Gasteiger partial charge is 0.372 e. The molecule has 1 fully saturated rings. The molecule has 1 amide bonds. The minimum atomic E-state index is -0.454. The van der Waals surface area contributed by atoms with E-state index in [4.69, 9.17) is 9.47 Å². The summed E-state index contributed by atoms with van der Waals surface area (Å²) in [4.78, 5) is 15.3. The topological polar surface area (TPSA) is 38.8 Å². The Morgan fingerprint density at radius 3 is 1.94 bits per heavy atom. The zero-order chi connectivity index (χ0) is 24.0. The van der Waals surface area contributed by atoms with Gasteiger partial charge in [0.05, 0.1) is 25.4 Å². The van der Waals surface area contributed by atoms with Crippen LogP contribution in [0, 0.1) is 5.41 Å². The lowest BCUT2D eigenvalue weighted by Gasteiger charge is -2.31. The van der Waals surface area contributed by atoms with Crippen molar-refractivity contribution >= 4 is 5.91 Å². The van der Waals surface area contributed by atoms with Crippen LogP contribution in [0.4, 0.5) is 0 Å². The molecule has 0 unspecified atom stereocenters. The maximum absolute atomic E-state index is 13.3. The van der Waals surface area contributed by atoms with E-state index in [1.165, 1.54) is 0 Å². The minimum absolute atomic E-state index is 0.00740. The third kappa shape index (κ3) is 6.13. The van der Waals surface area contributed by atoms with Crippen LogP contribution >= 0.6 is 0 Å². The van der Waals surface area contributed by atoms with Crippen LogP contribution in [0.2, 0.25) is 0 Å². The number of benzene rings is 3. The SMILES string of the molecule is CC(C)(C)C(=O)N1C[C@H](OCc2ccccc2)C[C@H]1COC(c1ccccc1)c1ccccc1. The van der Waals surface area contributed by atoms with E-state index < -0.39 is 5.41 Å². The first-order valence-electron chi connectivity index (χ1n) is 12.1. The fourth-order valence-corrected chi connectivity index (χ4v) is 4.47. The Morgan fingerprint density at radius 2 is 1.41 bits per heavy atom. The van der Waals surface area contributed by atoms with Crippen molar-refractivity contribution in [3.8, 4) is 0 Å². The molecule has 0 aromatic heterocycles. The summed E-state index contributed by atoms with van der Waals surface area (Å²) in [6, 6.07) is 30.7. The maximum atomic E-state index is 13.3. The fraction of sp³-hybridized carbons (Fsp3) is 0.367. The number of amides is 1. The quantitative estimate of drug-likeness (QED) is 0.415. The Morgan fingerprint density at radius 1 is 0.882 bits per heavy atom. The predicted octanol–water partition coefficient (Wildman–Crippen LogP) is 6.03. The van der Waals surface area contributed by atoms with Gasteiger partial charge in [-0.3, -0.25) is 4.79 Å². The lowest BCUT2D eigenvalue weighted by molar-refractivity contribution is -0.142. The summed E-state index contributed by atoms with van der Waals surface area (Å²) in [5.74, 6) is 0.142. The van der Waals surface area contributed by atoms with Gasteiger partial charge in [-0.1, -0.05) is 112 Å². The van der Waals surface area contributed by atoms with Crippen molar-refractivity contribution in [1.29, 1.82) is 0 Å². The van der Waals surface area contributed by atoms with E-state index in [1.807, 2.05) is 80.3 Å². The second-order valence-corrected chi connectivity index (χ2v) is 10.1. The van der Waals surface area contributed by atoms with Crippen LogP contribution in [0.5, 0.6) is 0 Å². The van der Waals surface area contributed by atoms with Gasteiger partial charge in [0.2, 0.25) is 5.91 Å². The molecule has 1 saturated heterocycles. The molecule has 0 aliphatic carbocycles. The molecule has 4 heteroatoms. The van der Waals surface area contributed by atoms with Gasteiger partial charge in [0, 0.05) is 12.0 Å². The van der Waals surface area contributed by atoms with Gasteiger partial charge in [0.1, 0.15) is 6.10 Å². The number of ether oxygens (including phenoxy) is 2. The number of hydrogen-bond acceptors (Lipinski definition) is 3. The average Bonchev–Trinajstić information content (AvgIpc) is 3.26. The zero-order valence-electron chi connectivity index (χ0n) is 20.4. The van der Waals surface area contributed by atoms with Crippen LogP contribution in [0.15, 0.2) is 91.0 Å². The van der Waals surface area contributed by atoms with Crippen LogP contribution in [0.1, 0.15) is 50.0 Å². The third-order valence-corrected chi connectivity index (χ3v) is 6.27. The van der Waals surface area contributed by atoms with Gasteiger partial charge in [-0.15, -0.1) is 0 Å². The lowest BCUT2D eigenvalue weighted by atomic mass is 9.94. The van der Waals surface area contributed by atoms with Crippen molar-refractivity contribution in [3.05, 3.63) is 108 Å². The molecular formula is C30H35NO3. The van der Waals surface area contributed by atoms with Crippen LogP contribution < -0.4 is 0 Å². The molecule has 2 atom stereocenters. The average molecular weight is 458 g/mol. The first-order valence-corrected chi connectivity index (χ1v) is 12.1. The molecular weight excluding hydrogens is 422 g/mol. The number of likely N-dealkylation sites (tertiary alicyclic amines) is 1. The standard InChI is InChI=1S/C30H35NO3/c1-30(2,3)29(32)31-20-27(33-21-23-13-7-4-8-14-23)19-26(31)22-34-28(24-15-9-5-10-16-24)25-17-11-6-12-18-25/h4-18,26-28H,19-22H2,1-3H3/t26-,27+/m0/s1. The van der Waals surface area contributed by atoms with E-state index in [2.05, 4.69) is 36.4 Å². The Labute approximate surface area is 203 Å². The van der Waals surface area contributed by atoms with Gasteiger partial charge in [0.25, 0.3) is 0 Å². The molecule has 0 N–H and O–H groups in total. The van der Waals surface area contributed by atoms with Crippen LogP contribution in [-0.2, 0) is 20.9 Å². The van der Waals surface area contributed by atoms with E-state index >= 15 is 0 Å². The van der Waals surface area contributed by atoms with Crippen molar-refractivity contribution in [3.63, 3.8) is 0 Å².